The first kappa shape index (κ1) is 14.6. The number of rotatable bonds is 1. The molecule has 1 amide bonds. The zero-order chi connectivity index (χ0) is 15.6. The summed E-state index contributed by atoms with van der Waals surface area (Å²) in [5.74, 6) is -0.881. The van der Waals surface area contributed by atoms with E-state index in [2.05, 4.69) is 9.47 Å². The van der Waals surface area contributed by atoms with Crippen LogP contribution in [0.1, 0.15) is 5.56 Å². The number of nitrogens with zero attached hydrogens (tertiary/aromatic N) is 2. The Balaban J connectivity index is 2.71. The van der Waals surface area contributed by atoms with E-state index in [4.69, 9.17) is 5.26 Å². The van der Waals surface area contributed by atoms with Crippen molar-refractivity contribution in [3.05, 3.63) is 35.4 Å². The van der Waals surface area contributed by atoms with Gasteiger partial charge in [0.25, 0.3) is 0 Å². The minimum Gasteiger partial charge on any atom is -0.465 e. The van der Waals surface area contributed by atoms with Gasteiger partial charge in [0.2, 0.25) is 0 Å². The molecule has 7 heteroatoms. The van der Waals surface area contributed by atoms with Crippen molar-refractivity contribution in [3.63, 3.8) is 0 Å². The van der Waals surface area contributed by atoms with Crippen LogP contribution in [0.5, 0.6) is 0 Å². The van der Waals surface area contributed by atoms with Crippen molar-refractivity contribution in [1.82, 2.24) is 0 Å². The van der Waals surface area contributed by atoms with Crippen LogP contribution in [0.3, 0.4) is 0 Å². The number of esters is 1. The van der Waals surface area contributed by atoms with Crippen molar-refractivity contribution in [2.75, 3.05) is 19.1 Å². The molecule has 1 N–H and O–H groups in total. The van der Waals surface area contributed by atoms with Gasteiger partial charge >= 0.3 is 12.1 Å². The number of para-hydroxylation sites is 1. The number of carbonyl (C=O) groups excluding carboxylic acids is 2. The molecule has 1 atom stereocenters. The lowest BCUT2D eigenvalue weighted by molar-refractivity contribution is -0.135. The van der Waals surface area contributed by atoms with E-state index in [0.29, 0.717) is 11.3 Å². The molecule has 0 aromatic heterocycles. The molecule has 21 heavy (non-hydrogen) atoms. The lowest BCUT2D eigenvalue weighted by Crippen LogP contribution is -2.37. The van der Waals surface area contributed by atoms with Gasteiger partial charge in [0.05, 0.1) is 19.9 Å². The zero-order valence-corrected chi connectivity index (χ0v) is 11.4. The van der Waals surface area contributed by atoms with Crippen LogP contribution >= 0.6 is 0 Å². The molecule has 0 saturated carbocycles. The summed E-state index contributed by atoms with van der Waals surface area (Å²) in [6.45, 7) is 0. The number of aliphatic hydroxyl groups excluding tert-OH is 1. The molecule has 1 aliphatic heterocycles. The molecule has 1 heterocycles. The Hall–Kier alpha value is -2.85. The zero-order valence-electron chi connectivity index (χ0n) is 11.4. The van der Waals surface area contributed by atoms with Crippen molar-refractivity contribution in [1.29, 1.82) is 5.26 Å². The number of amides is 1. The normalized spacial score (nSPS) is 18.6. The largest absolute Gasteiger partial charge is 0.465 e. The van der Waals surface area contributed by atoms with Gasteiger partial charge in [-0.1, -0.05) is 18.2 Å². The smallest absolute Gasteiger partial charge is 0.416 e. The Morgan fingerprint density at radius 3 is 2.52 bits per heavy atom. The molecule has 0 radical (unpaired) electrons. The Morgan fingerprint density at radius 1 is 1.29 bits per heavy atom. The molecule has 0 bridgehead atoms. The molecule has 1 aromatic rings. The van der Waals surface area contributed by atoms with Crippen LogP contribution in [-0.2, 0) is 14.3 Å². The van der Waals surface area contributed by atoms with E-state index in [0.717, 1.165) is 12.0 Å². The van der Waals surface area contributed by atoms with Gasteiger partial charge in [-0.3, -0.25) is 0 Å². The van der Waals surface area contributed by atoms with Gasteiger partial charge in [-0.2, -0.15) is 5.26 Å². The highest BCUT2D eigenvalue weighted by Gasteiger charge is 2.40. The Labute approximate surface area is 120 Å². The lowest BCUT2D eigenvalue weighted by atomic mass is 10.0. The van der Waals surface area contributed by atoms with E-state index < -0.39 is 18.3 Å². The number of hydrogen-bond acceptors (Lipinski definition) is 6. The van der Waals surface area contributed by atoms with Crippen LogP contribution in [0.25, 0.3) is 5.57 Å². The molecular weight excluding hydrogens is 276 g/mol. The Kier molecular flexibility index (Phi) is 3.91. The van der Waals surface area contributed by atoms with E-state index in [9.17, 15) is 14.7 Å². The second-order valence-electron chi connectivity index (χ2n) is 4.12. The van der Waals surface area contributed by atoms with Crippen LogP contribution in [0, 0.1) is 11.3 Å². The third-order valence-corrected chi connectivity index (χ3v) is 3.10. The van der Waals surface area contributed by atoms with Crippen LogP contribution < -0.4 is 4.90 Å². The van der Waals surface area contributed by atoms with Crippen molar-refractivity contribution in [3.8, 4) is 6.07 Å². The molecule has 1 aromatic carbocycles. The molecule has 0 saturated heterocycles. The van der Waals surface area contributed by atoms with E-state index in [1.165, 1.54) is 7.11 Å². The summed E-state index contributed by atoms with van der Waals surface area (Å²) in [4.78, 5) is 24.5. The molecule has 7 nitrogen and oxygen atoms in total. The van der Waals surface area contributed by atoms with Crippen molar-refractivity contribution >= 4 is 23.3 Å². The van der Waals surface area contributed by atoms with Gasteiger partial charge in [-0.25, -0.2) is 14.5 Å². The maximum atomic E-state index is 11.8. The number of nitriles is 1. The quantitative estimate of drug-likeness (QED) is 0.471. The highest BCUT2D eigenvalue weighted by atomic mass is 16.5. The SMILES string of the molecule is COC(=O)/C(C#N)=C1/c2ccccc2N(C(=O)OC)C1O. The maximum Gasteiger partial charge on any atom is 0.416 e. The number of hydrogen-bond donors (Lipinski definition) is 1. The summed E-state index contributed by atoms with van der Waals surface area (Å²) in [7, 11) is 2.30. The second-order valence-corrected chi connectivity index (χ2v) is 4.12. The van der Waals surface area contributed by atoms with Crippen LogP contribution in [-0.4, -0.2) is 37.6 Å². The highest BCUT2D eigenvalue weighted by Crippen LogP contribution is 2.41. The number of anilines is 1. The Bertz CT molecular complexity index is 674. The van der Waals surface area contributed by atoms with Gasteiger partial charge in [0, 0.05) is 11.1 Å². The summed E-state index contributed by atoms with van der Waals surface area (Å²) < 4.78 is 9.15. The van der Waals surface area contributed by atoms with Gasteiger partial charge in [0.1, 0.15) is 11.6 Å². The molecule has 2 rings (SSSR count). The minimum absolute atomic E-state index is 0.0188. The summed E-state index contributed by atoms with van der Waals surface area (Å²) in [5.41, 5.74) is 0.412. The number of methoxy groups -OCH3 is 2. The number of aliphatic hydroxyl groups is 1. The average Bonchev–Trinajstić information content (AvgIpc) is 2.80. The van der Waals surface area contributed by atoms with Crippen LogP contribution in [0.15, 0.2) is 29.8 Å². The average molecular weight is 288 g/mol. The highest BCUT2D eigenvalue weighted by molar-refractivity contribution is 6.09. The van der Waals surface area contributed by atoms with E-state index >= 15 is 0 Å². The van der Waals surface area contributed by atoms with E-state index in [-0.39, 0.29) is 11.1 Å². The van der Waals surface area contributed by atoms with Gasteiger partial charge < -0.3 is 14.6 Å². The fourth-order valence-electron chi connectivity index (χ4n) is 2.19. The number of carbonyl (C=O) groups is 2. The molecule has 0 aliphatic carbocycles. The third-order valence-electron chi connectivity index (χ3n) is 3.10. The van der Waals surface area contributed by atoms with Crippen LogP contribution in [0.2, 0.25) is 0 Å². The molecule has 1 unspecified atom stereocenters. The van der Waals surface area contributed by atoms with Crippen molar-refractivity contribution < 1.29 is 24.2 Å². The first-order chi connectivity index (χ1) is 10.1. The van der Waals surface area contributed by atoms with Gasteiger partial charge in [0.15, 0.2) is 6.23 Å². The van der Waals surface area contributed by atoms with Crippen LogP contribution in [0.4, 0.5) is 10.5 Å². The lowest BCUT2D eigenvalue weighted by Gasteiger charge is -2.20. The number of benzene rings is 1. The minimum atomic E-state index is -1.50. The molecule has 0 spiro atoms. The summed E-state index contributed by atoms with van der Waals surface area (Å²) in [6, 6.07) is 8.21. The Morgan fingerprint density at radius 2 is 1.95 bits per heavy atom. The first-order valence-corrected chi connectivity index (χ1v) is 5.94. The predicted molar refractivity (Wildman–Crippen MR) is 71.9 cm³/mol. The van der Waals surface area contributed by atoms with Gasteiger partial charge in [-0.15, -0.1) is 0 Å². The number of ether oxygens (including phenoxy) is 2. The second kappa shape index (κ2) is 5.64. The van der Waals surface area contributed by atoms with E-state index in [1.807, 2.05) is 0 Å². The van der Waals surface area contributed by atoms with Crippen molar-refractivity contribution in [2.24, 2.45) is 0 Å². The topological polar surface area (TPSA) is 99.9 Å². The maximum absolute atomic E-state index is 11.8. The number of fused-ring (bicyclic) bond motifs is 1. The third kappa shape index (κ3) is 2.22. The van der Waals surface area contributed by atoms with Gasteiger partial charge in [-0.05, 0) is 6.07 Å². The summed E-state index contributed by atoms with van der Waals surface area (Å²) >= 11 is 0. The summed E-state index contributed by atoms with van der Waals surface area (Å²) in [6.07, 6.45) is -2.30. The standard InChI is InChI=1S/C14H12N2O5/c1-20-13(18)9(7-15)11-8-5-3-4-6-10(8)16(12(11)17)14(19)21-2/h3-6,12,17H,1-2H3/b11-9-. The fraction of sp³-hybridized carbons (Fsp3) is 0.214. The monoisotopic (exact) mass is 288 g/mol. The van der Waals surface area contributed by atoms with Crippen molar-refractivity contribution in [2.45, 2.75) is 6.23 Å². The molecular formula is C14H12N2O5. The van der Waals surface area contributed by atoms with E-state index in [1.54, 1.807) is 30.3 Å². The molecule has 108 valence electrons. The summed E-state index contributed by atoms with van der Waals surface area (Å²) in [5, 5.41) is 19.5. The first-order valence-electron chi connectivity index (χ1n) is 5.94. The molecule has 1 aliphatic rings. The molecule has 0 fully saturated rings. The predicted octanol–water partition coefficient (Wildman–Crippen LogP) is 1.04. The fourth-order valence-corrected chi connectivity index (χ4v) is 2.19.